The number of nitrogens with zero attached hydrogens (tertiary/aromatic N) is 3. The smallest absolute Gasteiger partial charge is 0.252 e. The van der Waals surface area contributed by atoms with Crippen LogP contribution < -0.4 is 4.90 Å². The summed E-state index contributed by atoms with van der Waals surface area (Å²) in [5, 5.41) is 1.08. The highest BCUT2D eigenvalue weighted by molar-refractivity contribution is 6.37. The molecule has 1 fully saturated rings. The van der Waals surface area contributed by atoms with Crippen LogP contribution in [-0.4, -0.2) is 48.1 Å². The fourth-order valence-corrected chi connectivity index (χ4v) is 4.70. The molecule has 32 heavy (non-hydrogen) atoms. The van der Waals surface area contributed by atoms with Gasteiger partial charge >= 0.3 is 0 Å². The minimum atomic E-state index is -0.621. The normalized spacial score (nSPS) is 19.4. The number of benzodiazepines with no additional fused rings is 1. The van der Waals surface area contributed by atoms with E-state index >= 15 is 0 Å². The van der Waals surface area contributed by atoms with E-state index in [1.165, 1.54) is 0 Å². The summed E-state index contributed by atoms with van der Waals surface area (Å²) < 4.78 is 0. The quantitative estimate of drug-likeness (QED) is 0.600. The van der Waals surface area contributed by atoms with Gasteiger partial charge in [0, 0.05) is 34.3 Å². The molecule has 4 rings (SSSR count). The van der Waals surface area contributed by atoms with Crippen molar-refractivity contribution in [3.63, 3.8) is 0 Å². The van der Waals surface area contributed by atoms with Crippen molar-refractivity contribution in [1.29, 1.82) is 0 Å². The molecule has 2 amide bonds. The monoisotopic (exact) mass is 471 g/mol. The highest BCUT2D eigenvalue weighted by Gasteiger charge is 2.36. The van der Waals surface area contributed by atoms with E-state index in [9.17, 15) is 9.59 Å². The van der Waals surface area contributed by atoms with Gasteiger partial charge in [0.1, 0.15) is 12.6 Å². The first-order chi connectivity index (χ1) is 15.4. The van der Waals surface area contributed by atoms with Crippen LogP contribution in [0.3, 0.4) is 0 Å². The summed E-state index contributed by atoms with van der Waals surface area (Å²) in [6.07, 6.45) is 2.78. The van der Waals surface area contributed by atoms with E-state index in [1.807, 2.05) is 43.0 Å². The van der Waals surface area contributed by atoms with Crippen molar-refractivity contribution in [2.24, 2.45) is 10.9 Å². The fourth-order valence-electron chi connectivity index (χ4n) is 4.30. The number of carbonyl (C=O) groups excluding carboxylic acids is 2. The first-order valence-electron chi connectivity index (χ1n) is 11.1. The number of fused-ring (bicyclic) bond motifs is 1. The van der Waals surface area contributed by atoms with E-state index in [4.69, 9.17) is 28.2 Å². The summed E-state index contributed by atoms with van der Waals surface area (Å²) >= 11 is 12.9. The predicted molar refractivity (Wildman–Crippen MR) is 130 cm³/mol. The molecule has 0 saturated carbocycles. The molecule has 2 aliphatic heterocycles. The third-order valence-electron chi connectivity index (χ3n) is 6.36. The largest absolute Gasteiger partial charge is 0.341 e. The molecule has 0 spiro atoms. The van der Waals surface area contributed by atoms with Gasteiger partial charge in [0.05, 0.1) is 11.4 Å². The number of benzene rings is 2. The molecule has 0 aromatic heterocycles. The summed E-state index contributed by atoms with van der Waals surface area (Å²) in [4.78, 5) is 35.2. The first kappa shape index (κ1) is 22.8. The van der Waals surface area contributed by atoms with Gasteiger partial charge in [-0.15, -0.1) is 0 Å². The summed E-state index contributed by atoms with van der Waals surface area (Å²) in [5.74, 6) is -0.215. The van der Waals surface area contributed by atoms with Crippen LogP contribution in [0.1, 0.15) is 44.2 Å². The number of hydrogen-bond acceptors (Lipinski definition) is 3. The van der Waals surface area contributed by atoms with Crippen molar-refractivity contribution in [1.82, 2.24) is 4.90 Å². The minimum Gasteiger partial charge on any atom is -0.341 e. The SMILES string of the molecule is CCC(C)C1N=C(c2ccccc2Cl)c2cc(Cl)ccc2N(CC(=O)N2CCCC2)C1=O. The lowest BCUT2D eigenvalue weighted by Crippen LogP contribution is -2.46. The zero-order valence-electron chi connectivity index (χ0n) is 18.4. The number of amides is 2. The van der Waals surface area contributed by atoms with Crippen molar-refractivity contribution >= 4 is 46.4 Å². The molecule has 2 aliphatic rings. The standard InChI is InChI=1S/C25H27Cl2N3O2/c1-3-16(2)23-25(32)30(15-22(31)29-12-6-7-13-29)21-11-10-17(26)14-19(21)24(28-23)18-8-4-5-9-20(18)27/h4-5,8-11,14,16,23H,3,6-7,12-13,15H2,1-2H3. The molecule has 0 bridgehead atoms. The Hall–Kier alpha value is -2.37. The maximum absolute atomic E-state index is 13.8. The summed E-state index contributed by atoms with van der Waals surface area (Å²) in [5.41, 5.74) is 2.71. The Morgan fingerprint density at radius 2 is 1.84 bits per heavy atom. The van der Waals surface area contributed by atoms with Gasteiger partial charge in [0.25, 0.3) is 5.91 Å². The molecule has 5 nitrogen and oxygen atoms in total. The van der Waals surface area contributed by atoms with Crippen LogP contribution >= 0.6 is 23.2 Å². The van der Waals surface area contributed by atoms with Gasteiger partial charge in [-0.05, 0) is 43.0 Å². The zero-order valence-corrected chi connectivity index (χ0v) is 19.9. The number of halogens is 2. The maximum atomic E-state index is 13.8. The molecular weight excluding hydrogens is 445 g/mol. The van der Waals surface area contributed by atoms with Crippen LogP contribution in [0.4, 0.5) is 5.69 Å². The second kappa shape index (κ2) is 9.63. The van der Waals surface area contributed by atoms with Crippen LogP contribution in [0, 0.1) is 5.92 Å². The molecule has 2 aromatic rings. The Kier molecular flexibility index (Phi) is 6.87. The lowest BCUT2D eigenvalue weighted by molar-refractivity contribution is -0.130. The number of aliphatic imine (C=N–C) groups is 1. The number of hydrogen-bond donors (Lipinski definition) is 0. The molecule has 2 heterocycles. The van der Waals surface area contributed by atoms with Gasteiger partial charge in [-0.2, -0.15) is 0 Å². The minimum absolute atomic E-state index is 0.00541. The molecule has 0 radical (unpaired) electrons. The van der Waals surface area contributed by atoms with Gasteiger partial charge in [-0.25, -0.2) is 0 Å². The fraction of sp³-hybridized carbons (Fsp3) is 0.400. The third kappa shape index (κ3) is 4.41. The molecule has 7 heteroatoms. The average Bonchev–Trinajstić information content (AvgIpc) is 3.30. The van der Waals surface area contributed by atoms with E-state index in [-0.39, 0.29) is 24.3 Å². The number of carbonyl (C=O) groups is 2. The Morgan fingerprint density at radius 1 is 1.12 bits per heavy atom. The van der Waals surface area contributed by atoms with Crippen LogP contribution in [0.5, 0.6) is 0 Å². The number of anilines is 1. The van der Waals surface area contributed by atoms with E-state index in [2.05, 4.69) is 0 Å². The Bertz CT molecular complexity index is 1060. The first-order valence-corrected chi connectivity index (χ1v) is 11.9. The molecule has 2 atom stereocenters. The average molecular weight is 472 g/mol. The molecule has 2 aromatic carbocycles. The summed E-state index contributed by atoms with van der Waals surface area (Å²) in [7, 11) is 0. The topological polar surface area (TPSA) is 53.0 Å². The number of rotatable bonds is 5. The van der Waals surface area contributed by atoms with Crippen molar-refractivity contribution < 1.29 is 9.59 Å². The van der Waals surface area contributed by atoms with Crippen molar-refractivity contribution in [3.05, 3.63) is 63.6 Å². The Morgan fingerprint density at radius 3 is 2.53 bits per heavy atom. The lowest BCUT2D eigenvalue weighted by atomic mass is 9.97. The van der Waals surface area contributed by atoms with Gasteiger partial charge < -0.3 is 9.80 Å². The van der Waals surface area contributed by atoms with E-state index < -0.39 is 6.04 Å². The second-order valence-corrected chi connectivity index (χ2v) is 9.31. The maximum Gasteiger partial charge on any atom is 0.252 e. The van der Waals surface area contributed by atoms with Crippen LogP contribution in [0.25, 0.3) is 0 Å². The highest BCUT2D eigenvalue weighted by atomic mass is 35.5. The Labute approximate surface area is 199 Å². The predicted octanol–water partition coefficient (Wildman–Crippen LogP) is 5.21. The van der Waals surface area contributed by atoms with E-state index in [0.717, 1.165) is 37.9 Å². The molecular formula is C25H27Cl2N3O2. The lowest BCUT2D eigenvalue weighted by Gasteiger charge is -2.28. The van der Waals surface area contributed by atoms with Crippen LogP contribution in [0.15, 0.2) is 47.5 Å². The molecule has 168 valence electrons. The Balaban J connectivity index is 1.87. The second-order valence-electron chi connectivity index (χ2n) is 8.46. The molecule has 2 unspecified atom stereocenters. The summed E-state index contributed by atoms with van der Waals surface area (Å²) in [6.45, 7) is 5.53. The van der Waals surface area contributed by atoms with Crippen molar-refractivity contribution in [2.45, 2.75) is 39.2 Å². The number of likely N-dealkylation sites (tertiary alicyclic amines) is 1. The van der Waals surface area contributed by atoms with Gasteiger partial charge in [-0.1, -0.05) is 61.7 Å². The third-order valence-corrected chi connectivity index (χ3v) is 6.92. The van der Waals surface area contributed by atoms with Crippen LogP contribution in [0.2, 0.25) is 10.0 Å². The van der Waals surface area contributed by atoms with E-state index in [1.54, 1.807) is 23.1 Å². The van der Waals surface area contributed by atoms with Crippen molar-refractivity contribution in [3.8, 4) is 0 Å². The highest BCUT2D eigenvalue weighted by Crippen LogP contribution is 2.34. The summed E-state index contributed by atoms with van der Waals surface area (Å²) in [6, 6.07) is 12.2. The van der Waals surface area contributed by atoms with Crippen molar-refractivity contribution in [2.75, 3.05) is 24.5 Å². The molecule has 0 N–H and O–H groups in total. The van der Waals surface area contributed by atoms with Gasteiger partial charge in [0.2, 0.25) is 5.91 Å². The van der Waals surface area contributed by atoms with Gasteiger partial charge in [-0.3, -0.25) is 14.6 Å². The zero-order chi connectivity index (χ0) is 22.8. The molecule has 0 aliphatic carbocycles. The molecule has 1 saturated heterocycles. The van der Waals surface area contributed by atoms with Gasteiger partial charge in [0.15, 0.2) is 0 Å². The van der Waals surface area contributed by atoms with Crippen LogP contribution in [-0.2, 0) is 9.59 Å². The van der Waals surface area contributed by atoms with E-state index in [0.29, 0.717) is 27.0 Å².